The van der Waals surface area contributed by atoms with Crippen molar-refractivity contribution in [2.45, 2.75) is 12.6 Å². The molecule has 1 saturated heterocycles. The van der Waals surface area contributed by atoms with Gasteiger partial charge in [0, 0.05) is 13.1 Å². The topological polar surface area (TPSA) is 40.5 Å². The van der Waals surface area contributed by atoms with Crippen LogP contribution in [0.2, 0.25) is 0 Å². The summed E-state index contributed by atoms with van der Waals surface area (Å²) < 4.78 is 12.9. The van der Waals surface area contributed by atoms with E-state index in [-0.39, 0.29) is 0 Å². The number of likely N-dealkylation sites (tertiary alicyclic amines) is 1. The number of rotatable bonds is 1. The van der Waals surface area contributed by atoms with Crippen LogP contribution >= 0.6 is 0 Å². The summed E-state index contributed by atoms with van der Waals surface area (Å²) in [6.45, 7) is 0.988. The predicted octanol–water partition coefficient (Wildman–Crippen LogP) is 0.361. The third-order valence-corrected chi connectivity index (χ3v) is 2.05. The molecule has 2 unspecified atom stereocenters. The maximum absolute atomic E-state index is 12.9. The minimum atomic E-state index is -1.16. The number of carboxylic acids is 1. The van der Waals surface area contributed by atoms with Crippen LogP contribution in [0.15, 0.2) is 0 Å². The zero-order chi connectivity index (χ0) is 8.43. The molecule has 0 saturated carbocycles. The number of halogens is 1. The van der Waals surface area contributed by atoms with E-state index in [9.17, 15) is 9.18 Å². The Morgan fingerprint density at radius 1 is 1.73 bits per heavy atom. The lowest BCUT2D eigenvalue weighted by atomic mass is 9.97. The van der Waals surface area contributed by atoms with Gasteiger partial charge in [0.05, 0.1) is 0 Å². The molecule has 2 atom stereocenters. The first kappa shape index (κ1) is 8.46. The van der Waals surface area contributed by atoms with E-state index in [2.05, 4.69) is 0 Å². The van der Waals surface area contributed by atoms with E-state index in [0.29, 0.717) is 19.5 Å². The van der Waals surface area contributed by atoms with Crippen molar-refractivity contribution in [3.8, 4) is 0 Å². The van der Waals surface area contributed by atoms with Gasteiger partial charge in [-0.1, -0.05) is 0 Å². The molecule has 1 rings (SSSR count). The van der Waals surface area contributed by atoms with Crippen molar-refractivity contribution in [2.24, 2.45) is 5.92 Å². The van der Waals surface area contributed by atoms with Crippen molar-refractivity contribution in [1.82, 2.24) is 4.90 Å². The van der Waals surface area contributed by atoms with E-state index in [1.54, 1.807) is 0 Å². The van der Waals surface area contributed by atoms with Crippen molar-refractivity contribution in [1.29, 1.82) is 0 Å². The molecule has 64 valence electrons. The molecule has 11 heavy (non-hydrogen) atoms. The van der Waals surface area contributed by atoms with Crippen molar-refractivity contribution >= 4 is 5.97 Å². The fourth-order valence-corrected chi connectivity index (χ4v) is 1.32. The highest BCUT2D eigenvalue weighted by atomic mass is 19.1. The highest BCUT2D eigenvalue weighted by Gasteiger charge is 2.32. The van der Waals surface area contributed by atoms with Crippen LogP contribution in [-0.2, 0) is 4.79 Å². The first-order valence-corrected chi connectivity index (χ1v) is 3.66. The highest BCUT2D eigenvalue weighted by Crippen LogP contribution is 2.18. The van der Waals surface area contributed by atoms with Gasteiger partial charge >= 0.3 is 5.97 Å². The Labute approximate surface area is 64.8 Å². The quantitative estimate of drug-likeness (QED) is 0.603. The molecule has 0 spiro atoms. The summed E-state index contributed by atoms with van der Waals surface area (Å²) in [5.74, 6) is -1.85. The van der Waals surface area contributed by atoms with Gasteiger partial charge in [-0.05, 0) is 13.5 Å². The van der Waals surface area contributed by atoms with Crippen LogP contribution in [-0.4, -0.2) is 42.3 Å². The van der Waals surface area contributed by atoms with Gasteiger partial charge in [-0.25, -0.2) is 4.39 Å². The van der Waals surface area contributed by atoms with Crippen LogP contribution < -0.4 is 0 Å². The third-order valence-electron chi connectivity index (χ3n) is 2.05. The van der Waals surface area contributed by atoms with Crippen LogP contribution in [0.5, 0.6) is 0 Å². The van der Waals surface area contributed by atoms with Crippen molar-refractivity contribution in [2.75, 3.05) is 20.1 Å². The Morgan fingerprint density at radius 3 is 2.82 bits per heavy atom. The van der Waals surface area contributed by atoms with Gasteiger partial charge < -0.3 is 10.0 Å². The minimum absolute atomic E-state index is 0.330. The SMILES string of the molecule is CN1CCC(F)C(C(=O)O)C1. The van der Waals surface area contributed by atoms with Gasteiger partial charge in [-0.2, -0.15) is 0 Å². The van der Waals surface area contributed by atoms with E-state index in [0.717, 1.165) is 0 Å². The van der Waals surface area contributed by atoms with Crippen LogP contribution in [0.1, 0.15) is 6.42 Å². The van der Waals surface area contributed by atoms with E-state index >= 15 is 0 Å². The molecule has 1 heterocycles. The predicted molar refractivity (Wildman–Crippen MR) is 38.1 cm³/mol. The molecule has 0 amide bonds. The largest absolute Gasteiger partial charge is 0.481 e. The fraction of sp³-hybridized carbons (Fsp3) is 0.857. The summed E-state index contributed by atoms with van der Waals surface area (Å²) in [5.41, 5.74) is 0. The molecule has 0 aromatic heterocycles. The maximum Gasteiger partial charge on any atom is 0.310 e. The Morgan fingerprint density at radius 2 is 2.36 bits per heavy atom. The lowest BCUT2D eigenvalue weighted by Crippen LogP contribution is -2.42. The molecular formula is C7H12FNO2. The van der Waals surface area contributed by atoms with Gasteiger partial charge in [-0.15, -0.1) is 0 Å². The molecule has 1 aliphatic rings. The molecule has 0 aliphatic carbocycles. The first-order valence-electron chi connectivity index (χ1n) is 3.66. The number of carboxylic acid groups (broad SMARTS) is 1. The second-order valence-electron chi connectivity index (χ2n) is 3.01. The Kier molecular flexibility index (Phi) is 2.44. The van der Waals surface area contributed by atoms with Gasteiger partial charge in [0.1, 0.15) is 12.1 Å². The fourth-order valence-electron chi connectivity index (χ4n) is 1.32. The standard InChI is InChI=1S/C7H12FNO2/c1-9-3-2-6(8)5(4-9)7(10)11/h5-6H,2-4H2,1H3,(H,10,11). The number of carbonyl (C=O) groups is 1. The van der Waals surface area contributed by atoms with Crippen LogP contribution in [0.25, 0.3) is 0 Å². The maximum atomic E-state index is 12.9. The number of hydrogen-bond acceptors (Lipinski definition) is 2. The lowest BCUT2D eigenvalue weighted by molar-refractivity contribution is -0.146. The molecule has 0 aromatic rings. The van der Waals surface area contributed by atoms with Crippen LogP contribution in [0.3, 0.4) is 0 Å². The zero-order valence-corrected chi connectivity index (χ0v) is 6.46. The monoisotopic (exact) mass is 161 g/mol. The molecule has 0 bridgehead atoms. The van der Waals surface area contributed by atoms with Crippen molar-refractivity contribution in [3.05, 3.63) is 0 Å². The number of piperidine rings is 1. The Balaban J connectivity index is 2.54. The number of alkyl halides is 1. The summed E-state index contributed by atoms with van der Waals surface area (Å²) in [4.78, 5) is 12.3. The summed E-state index contributed by atoms with van der Waals surface area (Å²) in [7, 11) is 1.81. The minimum Gasteiger partial charge on any atom is -0.481 e. The first-order chi connectivity index (χ1) is 5.11. The second-order valence-corrected chi connectivity index (χ2v) is 3.01. The molecule has 4 heteroatoms. The smallest absolute Gasteiger partial charge is 0.310 e. The van der Waals surface area contributed by atoms with Gasteiger partial charge in [0.25, 0.3) is 0 Å². The highest BCUT2D eigenvalue weighted by molar-refractivity contribution is 5.71. The second kappa shape index (κ2) is 3.17. The summed E-state index contributed by atoms with van der Waals surface area (Å²) in [6, 6.07) is 0. The van der Waals surface area contributed by atoms with Crippen LogP contribution in [0.4, 0.5) is 4.39 Å². The normalized spacial score (nSPS) is 33.6. The molecule has 3 nitrogen and oxygen atoms in total. The van der Waals surface area contributed by atoms with Crippen molar-refractivity contribution in [3.63, 3.8) is 0 Å². The Hall–Kier alpha value is -0.640. The van der Waals surface area contributed by atoms with Gasteiger partial charge in [0.15, 0.2) is 0 Å². The zero-order valence-electron chi connectivity index (χ0n) is 6.46. The van der Waals surface area contributed by atoms with Gasteiger partial charge in [-0.3, -0.25) is 4.79 Å². The number of hydrogen-bond donors (Lipinski definition) is 1. The van der Waals surface area contributed by atoms with Crippen LogP contribution in [0, 0.1) is 5.92 Å². The molecule has 0 aromatic carbocycles. The lowest BCUT2D eigenvalue weighted by Gasteiger charge is -2.29. The van der Waals surface area contributed by atoms with Gasteiger partial charge in [0.2, 0.25) is 0 Å². The molecule has 1 fully saturated rings. The summed E-state index contributed by atoms with van der Waals surface area (Å²) in [5, 5.41) is 8.56. The average Bonchev–Trinajstić information content (AvgIpc) is 1.94. The molecule has 1 N–H and O–H groups in total. The van der Waals surface area contributed by atoms with Crippen molar-refractivity contribution < 1.29 is 14.3 Å². The van der Waals surface area contributed by atoms with E-state index < -0.39 is 18.1 Å². The Bertz CT molecular complexity index is 163. The average molecular weight is 161 g/mol. The molecule has 0 radical (unpaired) electrons. The van der Waals surface area contributed by atoms with E-state index in [4.69, 9.17) is 5.11 Å². The van der Waals surface area contributed by atoms with E-state index in [1.807, 2.05) is 11.9 Å². The number of aliphatic carboxylic acids is 1. The summed E-state index contributed by atoms with van der Waals surface area (Å²) >= 11 is 0. The number of nitrogens with zero attached hydrogens (tertiary/aromatic N) is 1. The third kappa shape index (κ3) is 1.89. The molecular weight excluding hydrogens is 149 g/mol. The van der Waals surface area contributed by atoms with E-state index in [1.165, 1.54) is 0 Å². The molecule has 1 aliphatic heterocycles. The summed E-state index contributed by atoms with van der Waals surface area (Å²) in [6.07, 6.45) is -0.822.